The van der Waals surface area contributed by atoms with E-state index in [1.54, 1.807) is 57.7 Å². The van der Waals surface area contributed by atoms with Crippen molar-refractivity contribution in [1.82, 2.24) is 4.41 Å². The number of nitrogens with zero attached hydrogens (tertiary/aromatic N) is 2. The van der Waals surface area contributed by atoms with Gasteiger partial charge in [0.15, 0.2) is 0 Å². The largest absolute Gasteiger partial charge is 0.497 e. The molecule has 33 heavy (non-hydrogen) atoms. The second-order valence-corrected chi connectivity index (χ2v) is 9.46. The summed E-state index contributed by atoms with van der Waals surface area (Å²) in [4.78, 5) is 0.180. The lowest BCUT2D eigenvalue weighted by Gasteiger charge is -2.24. The fourth-order valence-corrected chi connectivity index (χ4v) is 5.33. The maximum absolute atomic E-state index is 13.7. The third kappa shape index (κ3) is 4.26. The van der Waals surface area contributed by atoms with Crippen molar-refractivity contribution < 1.29 is 22.6 Å². The molecule has 0 bridgehead atoms. The molecule has 0 aromatic heterocycles. The summed E-state index contributed by atoms with van der Waals surface area (Å²) in [6, 6.07) is 19.0. The maximum atomic E-state index is 13.7. The SMILES string of the molecule is COc1ccc(C2=NN(S(=O)(=O)c3ccc(C)cc3)C(c3ccccc3OC)C2)c(OC)c1. The van der Waals surface area contributed by atoms with Crippen LogP contribution in [0.3, 0.4) is 0 Å². The van der Waals surface area contributed by atoms with Crippen LogP contribution in [-0.4, -0.2) is 39.9 Å². The van der Waals surface area contributed by atoms with Gasteiger partial charge in [-0.1, -0.05) is 35.9 Å². The topological polar surface area (TPSA) is 77.4 Å². The summed E-state index contributed by atoms with van der Waals surface area (Å²) >= 11 is 0. The van der Waals surface area contributed by atoms with Gasteiger partial charge in [-0.05, 0) is 37.3 Å². The van der Waals surface area contributed by atoms with Crippen molar-refractivity contribution in [3.05, 3.63) is 83.4 Å². The van der Waals surface area contributed by atoms with E-state index in [0.29, 0.717) is 34.9 Å². The highest BCUT2D eigenvalue weighted by Gasteiger charge is 2.39. The molecular weight excluding hydrogens is 440 g/mol. The van der Waals surface area contributed by atoms with Gasteiger partial charge in [-0.25, -0.2) is 0 Å². The molecule has 0 amide bonds. The summed E-state index contributed by atoms with van der Waals surface area (Å²) in [5.41, 5.74) is 3.02. The van der Waals surface area contributed by atoms with Gasteiger partial charge < -0.3 is 14.2 Å². The lowest BCUT2D eigenvalue weighted by Crippen LogP contribution is -2.27. The average molecular weight is 467 g/mol. The van der Waals surface area contributed by atoms with Crippen molar-refractivity contribution in [2.75, 3.05) is 21.3 Å². The third-order valence-corrected chi connectivity index (χ3v) is 7.35. The molecule has 0 aliphatic carbocycles. The van der Waals surface area contributed by atoms with Crippen LogP contribution in [0.1, 0.15) is 29.2 Å². The number of hydrazone groups is 1. The molecule has 0 saturated carbocycles. The predicted molar refractivity (Wildman–Crippen MR) is 127 cm³/mol. The standard InChI is InChI=1S/C25H26N2O5S/c1-17-9-12-19(13-10-17)33(28,29)27-23(21-7-5-6-8-24(21)31-3)16-22(26-27)20-14-11-18(30-2)15-25(20)32-4/h5-15,23H,16H2,1-4H3. The molecule has 1 aliphatic heterocycles. The van der Waals surface area contributed by atoms with E-state index in [2.05, 4.69) is 5.10 Å². The lowest BCUT2D eigenvalue weighted by molar-refractivity contribution is 0.350. The summed E-state index contributed by atoms with van der Waals surface area (Å²) in [5.74, 6) is 1.80. The summed E-state index contributed by atoms with van der Waals surface area (Å²) < 4.78 is 45.0. The number of para-hydroxylation sites is 1. The average Bonchev–Trinajstić information content (AvgIpc) is 3.30. The molecule has 7 nitrogen and oxygen atoms in total. The molecule has 1 atom stereocenters. The molecule has 3 aromatic carbocycles. The van der Waals surface area contributed by atoms with Crippen molar-refractivity contribution >= 4 is 15.7 Å². The zero-order valence-electron chi connectivity index (χ0n) is 19.0. The molecule has 1 unspecified atom stereocenters. The quantitative estimate of drug-likeness (QED) is 0.510. The van der Waals surface area contributed by atoms with Gasteiger partial charge in [0, 0.05) is 23.6 Å². The number of ether oxygens (including phenoxy) is 3. The number of hydrogen-bond donors (Lipinski definition) is 0. The minimum Gasteiger partial charge on any atom is -0.497 e. The Kier molecular flexibility index (Phi) is 6.29. The second-order valence-electron chi connectivity index (χ2n) is 7.67. The Morgan fingerprint density at radius 2 is 1.58 bits per heavy atom. The normalized spacial score (nSPS) is 15.8. The van der Waals surface area contributed by atoms with E-state index in [4.69, 9.17) is 14.2 Å². The Balaban J connectivity index is 1.85. The molecule has 0 N–H and O–H groups in total. The molecule has 0 fully saturated rings. The van der Waals surface area contributed by atoms with E-state index in [0.717, 1.165) is 11.1 Å². The van der Waals surface area contributed by atoms with E-state index in [1.807, 2.05) is 37.3 Å². The van der Waals surface area contributed by atoms with Gasteiger partial charge >= 0.3 is 0 Å². The van der Waals surface area contributed by atoms with Crippen molar-refractivity contribution in [1.29, 1.82) is 0 Å². The van der Waals surface area contributed by atoms with Crippen molar-refractivity contribution in [2.45, 2.75) is 24.3 Å². The number of methoxy groups -OCH3 is 3. The highest BCUT2D eigenvalue weighted by molar-refractivity contribution is 7.89. The van der Waals surface area contributed by atoms with Gasteiger partial charge in [-0.2, -0.15) is 17.9 Å². The number of hydrogen-bond acceptors (Lipinski definition) is 6. The molecule has 172 valence electrons. The number of aryl methyl sites for hydroxylation is 1. The van der Waals surface area contributed by atoms with Gasteiger partial charge in [0.05, 0.1) is 38.0 Å². The molecular formula is C25H26N2O5S. The van der Waals surface area contributed by atoms with Crippen LogP contribution in [0.2, 0.25) is 0 Å². The van der Waals surface area contributed by atoms with Crippen LogP contribution >= 0.6 is 0 Å². The Bertz CT molecular complexity index is 1290. The highest BCUT2D eigenvalue weighted by atomic mass is 32.2. The Labute approximate surface area is 194 Å². The Morgan fingerprint density at radius 3 is 2.24 bits per heavy atom. The molecule has 1 heterocycles. The van der Waals surface area contributed by atoms with E-state index < -0.39 is 16.1 Å². The molecule has 8 heteroatoms. The van der Waals surface area contributed by atoms with Crippen molar-refractivity contribution in [2.24, 2.45) is 5.10 Å². The maximum Gasteiger partial charge on any atom is 0.279 e. The zero-order valence-corrected chi connectivity index (χ0v) is 19.8. The first-order valence-corrected chi connectivity index (χ1v) is 11.9. The summed E-state index contributed by atoms with van der Waals surface area (Å²) in [5, 5.41) is 4.61. The minimum atomic E-state index is -3.93. The van der Waals surface area contributed by atoms with Gasteiger partial charge in [0.25, 0.3) is 10.0 Å². The first-order valence-electron chi connectivity index (χ1n) is 10.4. The van der Waals surface area contributed by atoms with Crippen LogP contribution in [0.15, 0.2) is 76.7 Å². The molecule has 0 spiro atoms. The molecule has 0 saturated heterocycles. The van der Waals surface area contributed by atoms with Gasteiger partial charge in [0.1, 0.15) is 17.2 Å². The third-order valence-electron chi connectivity index (χ3n) is 5.66. The van der Waals surface area contributed by atoms with Crippen LogP contribution in [0.25, 0.3) is 0 Å². The Hall–Kier alpha value is -3.52. The first kappa shape index (κ1) is 22.7. The van der Waals surface area contributed by atoms with Crippen molar-refractivity contribution in [3.63, 3.8) is 0 Å². The second kappa shape index (κ2) is 9.15. The van der Waals surface area contributed by atoms with Crippen molar-refractivity contribution in [3.8, 4) is 17.2 Å². The monoisotopic (exact) mass is 466 g/mol. The fraction of sp³-hybridized carbons (Fsp3) is 0.240. The molecule has 4 rings (SSSR count). The lowest BCUT2D eigenvalue weighted by atomic mass is 9.98. The molecule has 1 aliphatic rings. The minimum absolute atomic E-state index is 0.180. The highest BCUT2D eigenvalue weighted by Crippen LogP contribution is 2.42. The smallest absolute Gasteiger partial charge is 0.279 e. The van der Waals surface area contributed by atoms with Gasteiger partial charge in [-0.15, -0.1) is 0 Å². The molecule has 3 aromatic rings. The van der Waals surface area contributed by atoms with E-state index >= 15 is 0 Å². The summed E-state index contributed by atoms with van der Waals surface area (Å²) in [7, 11) is 0.784. The number of rotatable bonds is 7. The van der Waals surface area contributed by atoms with Crippen LogP contribution in [0.4, 0.5) is 0 Å². The fourth-order valence-electron chi connectivity index (χ4n) is 3.90. The van der Waals surface area contributed by atoms with Crippen LogP contribution in [0, 0.1) is 6.92 Å². The number of sulfonamides is 1. The molecule has 0 radical (unpaired) electrons. The van der Waals surface area contributed by atoms with Crippen LogP contribution in [0.5, 0.6) is 17.2 Å². The summed E-state index contributed by atoms with van der Waals surface area (Å²) in [6.07, 6.45) is 0.355. The van der Waals surface area contributed by atoms with Crippen LogP contribution < -0.4 is 14.2 Å². The van der Waals surface area contributed by atoms with Gasteiger partial charge in [0.2, 0.25) is 0 Å². The summed E-state index contributed by atoms with van der Waals surface area (Å²) in [6.45, 7) is 1.91. The Morgan fingerprint density at radius 1 is 0.879 bits per heavy atom. The van der Waals surface area contributed by atoms with E-state index in [-0.39, 0.29) is 4.90 Å². The van der Waals surface area contributed by atoms with E-state index in [1.165, 1.54) is 4.41 Å². The number of benzene rings is 3. The van der Waals surface area contributed by atoms with E-state index in [9.17, 15) is 8.42 Å². The zero-order chi connectivity index (χ0) is 23.6. The van der Waals surface area contributed by atoms with Gasteiger partial charge in [-0.3, -0.25) is 0 Å². The predicted octanol–water partition coefficient (Wildman–Crippen LogP) is 4.56. The first-order chi connectivity index (χ1) is 15.9. The van der Waals surface area contributed by atoms with Crippen LogP contribution in [-0.2, 0) is 10.0 Å².